The lowest BCUT2D eigenvalue weighted by Crippen LogP contribution is -1.75. The zero-order valence-corrected chi connectivity index (χ0v) is 9.46. The van der Waals surface area contributed by atoms with Gasteiger partial charge in [-0.1, -0.05) is 5.16 Å². The summed E-state index contributed by atoms with van der Waals surface area (Å²) < 4.78 is 5.08. The van der Waals surface area contributed by atoms with E-state index < -0.39 is 0 Å². The highest BCUT2D eigenvalue weighted by Crippen LogP contribution is 2.34. The van der Waals surface area contributed by atoms with Crippen LogP contribution in [0.15, 0.2) is 27.7 Å². The van der Waals surface area contributed by atoms with E-state index in [1.165, 1.54) is 22.7 Å². The Kier molecular flexibility index (Phi) is 2.19. The van der Waals surface area contributed by atoms with Gasteiger partial charge in [-0.25, -0.2) is 0 Å². The molecular weight excluding hydrogens is 246 g/mol. The second-order valence-electron chi connectivity index (χ2n) is 2.92. The van der Waals surface area contributed by atoms with Gasteiger partial charge >= 0.3 is 0 Å². The van der Waals surface area contributed by atoms with Crippen LogP contribution in [0, 0.1) is 0 Å². The van der Waals surface area contributed by atoms with E-state index in [2.05, 4.69) is 15.1 Å². The van der Waals surface area contributed by atoms with Crippen LogP contribution in [0.3, 0.4) is 0 Å². The summed E-state index contributed by atoms with van der Waals surface area (Å²) >= 11 is 2.79. The van der Waals surface area contributed by atoms with Crippen molar-refractivity contribution in [2.75, 3.05) is 0 Å². The normalized spacial score (nSPS) is 10.8. The predicted molar refractivity (Wildman–Crippen MR) is 60.4 cm³/mol. The van der Waals surface area contributed by atoms with E-state index in [9.17, 15) is 5.11 Å². The van der Waals surface area contributed by atoms with Crippen LogP contribution in [0.25, 0.3) is 21.5 Å². The molecule has 0 saturated heterocycles. The van der Waals surface area contributed by atoms with Crippen LogP contribution in [0.1, 0.15) is 0 Å². The average molecular weight is 251 g/mol. The monoisotopic (exact) mass is 251 g/mol. The predicted octanol–water partition coefficient (Wildman–Crippen LogP) is 2.63. The number of thiophene rings is 1. The van der Waals surface area contributed by atoms with Crippen molar-refractivity contribution in [3.8, 4) is 27.2 Å². The van der Waals surface area contributed by atoms with E-state index in [-0.39, 0.29) is 5.75 Å². The van der Waals surface area contributed by atoms with Crippen molar-refractivity contribution >= 4 is 22.7 Å². The Bertz CT molecular complexity index is 600. The summed E-state index contributed by atoms with van der Waals surface area (Å²) in [6, 6.07) is 1.59. The van der Waals surface area contributed by atoms with Gasteiger partial charge in [-0.2, -0.15) is 4.98 Å². The minimum atomic E-state index is 0.157. The van der Waals surface area contributed by atoms with Gasteiger partial charge in [0, 0.05) is 6.20 Å². The summed E-state index contributed by atoms with van der Waals surface area (Å²) in [7, 11) is 0. The van der Waals surface area contributed by atoms with Crippen LogP contribution in [-0.2, 0) is 0 Å². The van der Waals surface area contributed by atoms with Gasteiger partial charge < -0.3 is 9.63 Å². The fraction of sp³-hybridized carbons (Fsp3) is 0. The maximum Gasteiger partial charge on any atom is 0.272 e. The first kappa shape index (κ1) is 9.49. The molecule has 0 aliphatic rings. The molecule has 3 aromatic heterocycles. The Hall–Kier alpha value is -1.73. The Morgan fingerprint density at radius 2 is 2.25 bits per heavy atom. The van der Waals surface area contributed by atoms with Crippen molar-refractivity contribution in [1.82, 2.24) is 15.1 Å². The van der Waals surface area contributed by atoms with Crippen molar-refractivity contribution in [1.29, 1.82) is 0 Å². The molecule has 0 radical (unpaired) electrons. The molecule has 3 aromatic rings. The lowest BCUT2D eigenvalue weighted by Gasteiger charge is -1.87. The smallest absolute Gasteiger partial charge is 0.272 e. The second-order valence-corrected chi connectivity index (χ2v) is 4.73. The molecule has 0 spiro atoms. The van der Waals surface area contributed by atoms with Crippen LogP contribution >= 0.6 is 22.7 Å². The average Bonchev–Trinajstić information content (AvgIpc) is 2.96. The summed E-state index contributed by atoms with van der Waals surface area (Å²) in [6.07, 6.45) is 1.67. The van der Waals surface area contributed by atoms with Crippen LogP contribution in [-0.4, -0.2) is 20.2 Å². The van der Waals surface area contributed by atoms with Gasteiger partial charge in [0.05, 0.1) is 10.4 Å². The quantitative estimate of drug-likeness (QED) is 0.758. The van der Waals surface area contributed by atoms with Crippen molar-refractivity contribution in [2.45, 2.75) is 0 Å². The van der Waals surface area contributed by atoms with Crippen molar-refractivity contribution in [3.63, 3.8) is 0 Å². The molecule has 3 rings (SSSR count). The molecule has 1 N–H and O–H groups in total. The molecule has 0 aromatic carbocycles. The number of thiazole rings is 1. The van der Waals surface area contributed by atoms with E-state index in [4.69, 9.17) is 4.52 Å². The summed E-state index contributed by atoms with van der Waals surface area (Å²) in [5, 5.41) is 15.1. The Labute approximate surface area is 98.0 Å². The highest BCUT2D eigenvalue weighted by atomic mass is 32.1. The number of rotatable bonds is 2. The molecule has 0 bridgehead atoms. The fourth-order valence-corrected chi connectivity index (χ4v) is 2.46. The zero-order chi connectivity index (χ0) is 11.0. The maximum absolute atomic E-state index is 9.52. The second kappa shape index (κ2) is 3.69. The highest BCUT2D eigenvalue weighted by Gasteiger charge is 2.15. The molecule has 0 unspecified atom stereocenters. The number of aromatic nitrogens is 3. The largest absolute Gasteiger partial charge is 0.506 e. The van der Waals surface area contributed by atoms with E-state index in [1.54, 1.807) is 23.2 Å². The minimum Gasteiger partial charge on any atom is -0.506 e. The maximum atomic E-state index is 9.52. The van der Waals surface area contributed by atoms with Crippen molar-refractivity contribution in [2.24, 2.45) is 0 Å². The van der Waals surface area contributed by atoms with Gasteiger partial charge in [-0.05, 0) is 11.4 Å². The van der Waals surface area contributed by atoms with Gasteiger partial charge in [0.15, 0.2) is 0 Å². The lowest BCUT2D eigenvalue weighted by molar-refractivity contribution is 0.427. The molecule has 0 fully saturated rings. The summed E-state index contributed by atoms with van der Waals surface area (Å²) in [4.78, 5) is 9.56. The van der Waals surface area contributed by atoms with E-state index >= 15 is 0 Å². The summed E-state index contributed by atoms with van der Waals surface area (Å²) in [5.41, 5.74) is 1.70. The van der Waals surface area contributed by atoms with Crippen molar-refractivity contribution < 1.29 is 9.63 Å². The first-order valence-electron chi connectivity index (χ1n) is 4.34. The molecule has 0 aliphatic carbocycles. The summed E-state index contributed by atoms with van der Waals surface area (Å²) in [5.74, 6) is 0.978. The van der Waals surface area contributed by atoms with Gasteiger partial charge in [-0.3, -0.25) is 4.98 Å². The molecule has 5 nitrogen and oxygen atoms in total. The van der Waals surface area contributed by atoms with E-state index in [1.807, 2.05) is 0 Å². The fourth-order valence-electron chi connectivity index (χ4n) is 1.20. The van der Waals surface area contributed by atoms with E-state index in [0.717, 1.165) is 4.88 Å². The van der Waals surface area contributed by atoms with Crippen molar-refractivity contribution in [3.05, 3.63) is 23.2 Å². The molecule has 80 valence electrons. The van der Waals surface area contributed by atoms with E-state index in [0.29, 0.717) is 16.6 Å². The standard InChI is InChI=1S/C9H5N3O2S2/c13-5-1-2-15-7(5)9-11-8(12-14-9)6-3-10-4-16-6/h1-4,13H. The Balaban J connectivity index is 2.03. The summed E-state index contributed by atoms with van der Waals surface area (Å²) in [6.45, 7) is 0. The number of nitrogens with zero attached hydrogens (tertiary/aromatic N) is 3. The third-order valence-electron chi connectivity index (χ3n) is 1.92. The third kappa shape index (κ3) is 1.50. The first-order chi connectivity index (χ1) is 7.84. The third-order valence-corrected chi connectivity index (χ3v) is 3.58. The highest BCUT2D eigenvalue weighted by molar-refractivity contribution is 7.14. The van der Waals surface area contributed by atoms with Gasteiger partial charge in [0.1, 0.15) is 10.6 Å². The molecule has 16 heavy (non-hydrogen) atoms. The van der Waals surface area contributed by atoms with Crippen LogP contribution in [0.2, 0.25) is 0 Å². The first-order valence-corrected chi connectivity index (χ1v) is 6.10. The zero-order valence-electron chi connectivity index (χ0n) is 7.82. The Morgan fingerprint density at radius 3 is 2.94 bits per heavy atom. The lowest BCUT2D eigenvalue weighted by atomic mass is 10.4. The SMILES string of the molecule is Oc1ccsc1-c1nc(-c2cncs2)no1. The molecule has 7 heteroatoms. The minimum absolute atomic E-state index is 0.157. The van der Waals surface area contributed by atoms with Gasteiger partial charge in [0.2, 0.25) is 5.82 Å². The number of aromatic hydroxyl groups is 1. The topological polar surface area (TPSA) is 72.0 Å². The van der Waals surface area contributed by atoms with Crippen LogP contribution in [0.4, 0.5) is 0 Å². The van der Waals surface area contributed by atoms with Gasteiger partial charge in [0.25, 0.3) is 5.89 Å². The molecule has 0 amide bonds. The number of hydrogen-bond donors (Lipinski definition) is 1. The molecule has 0 saturated carbocycles. The van der Waals surface area contributed by atoms with Gasteiger partial charge in [-0.15, -0.1) is 22.7 Å². The molecular formula is C9H5N3O2S2. The molecule has 0 aliphatic heterocycles. The number of hydrogen-bond acceptors (Lipinski definition) is 7. The van der Waals surface area contributed by atoms with Crippen LogP contribution in [0.5, 0.6) is 5.75 Å². The van der Waals surface area contributed by atoms with Crippen LogP contribution < -0.4 is 0 Å². The molecule has 0 atom stereocenters. The Morgan fingerprint density at radius 1 is 1.31 bits per heavy atom. The molecule has 3 heterocycles.